The number of amides is 1. The monoisotopic (exact) mass is 382 g/mol. The van der Waals surface area contributed by atoms with Gasteiger partial charge >= 0.3 is 5.97 Å². The molecule has 3 rings (SSSR count). The van der Waals surface area contributed by atoms with Crippen LogP contribution in [0.1, 0.15) is 34.7 Å². The van der Waals surface area contributed by atoms with Crippen LogP contribution in [0.25, 0.3) is 0 Å². The lowest BCUT2D eigenvalue weighted by atomic mass is 10.2. The highest BCUT2D eigenvalue weighted by Gasteiger charge is 2.17. The van der Waals surface area contributed by atoms with E-state index in [9.17, 15) is 9.59 Å². The lowest BCUT2D eigenvalue weighted by molar-refractivity contribution is 0.0526. The van der Waals surface area contributed by atoms with E-state index in [1.54, 1.807) is 43.5 Å². The summed E-state index contributed by atoms with van der Waals surface area (Å²) < 4.78 is 4.95. The SMILES string of the molecule is CCOC(=O)c1ccc(NC(=O)c2ccc(N3CCN(CC)CC3)cn2)cc1. The Hall–Kier alpha value is -2.93. The van der Waals surface area contributed by atoms with Crippen LogP contribution in [0.2, 0.25) is 0 Å². The van der Waals surface area contributed by atoms with Crippen molar-refractivity contribution in [2.75, 3.05) is 49.5 Å². The fourth-order valence-electron chi connectivity index (χ4n) is 3.13. The fraction of sp³-hybridized carbons (Fsp3) is 0.381. The Morgan fingerprint density at radius 2 is 1.75 bits per heavy atom. The number of carbonyl (C=O) groups excluding carboxylic acids is 2. The number of pyridine rings is 1. The maximum absolute atomic E-state index is 12.4. The number of nitrogens with zero attached hydrogens (tertiary/aromatic N) is 3. The summed E-state index contributed by atoms with van der Waals surface area (Å²) in [5.41, 5.74) is 2.43. The molecular weight excluding hydrogens is 356 g/mol. The molecule has 0 radical (unpaired) electrons. The second-order valence-electron chi connectivity index (χ2n) is 6.57. The van der Waals surface area contributed by atoms with Gasteiger partial charge in [-0.05, 0) is 49.9 Å². The normalized spacial score (nSPS) is 14.6. The molecule has 1 aliphatic rings. The maximum atomic E-state index is 12.4. The summed E-state index contributed by atoms with van der Waals surface area (Å²) in [6.45, 7) is 9.35. The van der Waals surface area contributed by atoms with Crippen LogP contribution in [-0.4, -0.2) is 61.1 Å². The zero-order valence-corrected chi connectivity index (χ0v) is 16.4. The van der Waals surface area contributed by atoms with Gasteiger partial charge in [-0.15, -0.1) is 0 Å². The number of benzene rings is 1. The van der Waals surface area contributed by atoms with E-state index in [1.165, 1.54) is 0 Å². The molecule has 28 heavy (non-hydrogen) atoms. The zero-order valence-electron chi connectivity index (χ0n) is 16.4. The van der Waals surface area contributed by atoms with E-state index >= 15 is 0 Å². The van der Waals surface area contributed by atoms with Crippen molar-refractivity contribution in [3.8, 4) is 0 Å². The molecule has 1 amide bonds. The number of piperazine rings is 1. The largest absolute Gasteiger partial charge is 0.462 e. The van der Waals surface area contributed by atoms with Crippen LogP contribution in [0.15, 0.2) is 42.6 Å². The first-order chi connectivity index (χ1) is 13.6. The molecule has 0 bridgehead atoms. The number of likely N-dealkylation sites (N-methyl/N-ethyl adjacent to an activating group) is 1. The van der Waals surface area contributed by atoms with Gasteiger partial charge in [-0.1, -0.05) is 6.92 Å². The molecule has 7 nitrogen and oxygen atoms in total. The molecule has 2 heterocycles. The summed E-state index contributed by atoms with van der Waals surface area (Å²) in [5.74, 6) is -0.663. The molecule has 0 aliphatic carbocycles. The van der Waals surface area contributed by atoms with Gasteiger partial charge < -0.3 is 19.9 Å². The van der Waals surface area contributed by atoms with Crippen LogP contribution < -0.4 is 10.2 Å². The summed E-state index contributed by atoms with van der Waals surface area (Å²) in [5, 5.41) is 2.79. The minimum Gasteiger partial charge on any atom is -0.462 e. The van der Waals surface area contributed by atoms with Gasteiger partial charge in [0, 0.05) is 31.9 Å². The molecule has 0 atom stereocenters. The number of carbonyl (C=O) groups is 2. The lowest BCUT2D eigenvalue weighted by Crippen LogP contribution is -2.46. The third kappa shape index (κ3) is 4.86. The first-order valence-corrected chi connectivity index (χ1v) is 9.62. The number of aromatic nitrogens is 1. The van der Waals surface area contributed by atoms with Gasteiger partial charge in [0.15, 0.2) is 0 Å². The summed E-state index contributed by atoms with van der Waals surface area (Å²) in [6, 6.07) is 10.3. The highest BCUT2D eigenvalue weighted by molar-refractivity contribution is 6.03. The van der Waals surface area contributed by atoms with Crippen LogP contribution in [0.4, 0.5) is 11.4 Å². The van der Waals surface area contributed by atoms with Gasteiger partial charge in [0.05, 0.1) is 24.1 Å². The fourth-order valence-corrected chi connectivity index (χ4v) is 3.13. The highest BCUT2D eigenvalue weighted by atomic mass is 16.5. The average molecular weight is 382 g/mol. The van der Waals surface area contributed by atoms with E-state index in [2.05, 4.69) is 27.0 Å². The Morgan fingerprint density at radius 3 is 2.32 bits per heavy atom. The van der Waals surface area contributed by atoms with Crippen molar-refractivity contribution in [1.82, 2.24) is 9.88 Å². The van der Waals surface area contributed by atoms with Crippen LogP contribution in [0, 0.1) is 0 Å². The van der Waals surface area contributed by atoms with Gasteiger partial charge in [0.1, 0.15) is 5.69 Å². The van der Waals surface area contributed by atoms with Crippen molar-refractivity contribution in [2.24, 2.45) is 0 Å². The van der Waals surface area contributed by atoms with E-state index in [4.69, 9.17) is 4.74 Å². The summed E-state index contributed by atoms with van der Waals surface area (Å²) in [7, 11) is 0. The molecule has 2 aromatic rings. The molecule has 0 unspecified atom stereocenters. The topological polar surface area (TPSA) is 74.8 Å². The number of nitrogens with one attached hydrogen (secondary N) is 1. The van der Waals surface area contributed by atoms with Gasteiger partial charge in [0.25, 0.3) is 5.91 Å². The van der Waals surface area contributed by atoms with E-state index in [0.717, 1.165) is 38.4 Å². The van der Waals surface area contributed by atoms with Crippen molar-refractivity contribution in [2.45, 2.75) is 13.8 Å². The number of rotatable bonds is 6. The molecule has 1 N–H and O–H groups in total. The number of anilines is 2. The van der Waals surface area contributed by atoms with E-state index < -0.39 is 0 Å². The molecule has 1 aliphatic heterocycles. The maximum Gasteiger partial charge on any atom is 0.338 e. The van der Waals surface area contributed by atoms with Crippen LogP contribution in [-0.2, 0) is 4.74 Å². The zero-order chi connectivity index (χ0) is 19.9. The molecule has 148 valence electrons. The summed E-state index contributed by atoms with van der Waals surface area (Å²) in [4.78, 5) is 33.1. The molecule has 1 aromatic heterocycles. The van der Waals surface area contributed by atoms with Crippen molar-refractivity contribution < 1.29 is 14.3 Å². The average Bonchev–Trinajstić information content (AvgIpc) is 2.74. The number of hydrogen-bond acceptors (Lipinski definition) is 6. The Morgan fingerprint density at radius 1 is 1.04 bits per heavy atom. The molecule has 0 spiro atoms. The quantitative estimate of drug-likeness (QED) is 0.774. The minimum absolute atomic E-state index is 0.286. The highest BCUT2D eigenvalue weighted by Crippen LogP contribution is 2.17. The second-order valence-corrected chi connectivity index (χ2v) is 6.57. The van der Waals surface area contributed by atoms with Gasteiger partial charge in [-0.25, -0.2) is 9.78 Å². The molecule has 1 fully saturated rings. The number of esters is 1. The summed E-state index contributed by atoms with van der Waals surface area (Å²) >= 11 is 0. The van der Waals surface area contributed by atoms with E-state index in [1.807, 2.05) is 6.07 Å². The van der Waals surface area contributed by atoms with Crippen molar-refractivity contribution >= 4 is 23.3 Å². The Labute approximate surface area is 165 Å². The van der Waals surface area contributed by atoms with Gasteiger partial charge in [0.2, 0.25) is 0 Å². The molecular formula is C21H26N4O3. The molecule has 7 heteroatoms. The lowest BCUT2D eigenvalue weighted by Gasteiger charge is -2.35. The summed E-state index contributed by atoms with van der Waals surface area (Å²) in [6.07, 6.45) is 1.75. The van der Waals surface area contributed by atoms with Crippen LogP contribution in [0.5, 0.6) is 0 Å². The van der Waals surface area contributed by atoms with Crippen LogP contribution in [0.3, 0.4) is 0 Å². The minimum atomic E-state index is -0.377. The molecule has 1 aromatic carbocycles. The first-order valence-electron chi connectivity index (χ1n) is 9.62. The predicted octanol–water partition coefficient (Wildman–Crippen LogP) is 2.65. The standard InChI is InChI=1S/C21H26N4O3/c1-3-24-11-13-25(14-12-24)18-9-10-19(22-15-18)20(26)23-17-7-5-16(6-8-17)21(27)28-4-2/h5-10,15H,3-4,11-14H2,1-2H3,(H,23,26). The third-order valence-electron chi connectivity index (χ3n) is 4.82. The van der Waals surface area contributed by atoms with Crippen LogP contribution >= 0.6 is 0 Å². The van der Waals surface area contributed by atoms with E-state index in [-0.39, 0.29) is 11.9 Å². The molecule has 1 saturated heterocycles. The Kier molecular flexibility index (Phi) is 6.60. The smallest absolute Gasteiger partial charge is 0.338 e. The Balaban J connectivity index is 1.58. The van der Waals surface area contributed by atoms with Gasteiger partial charge in [-0.2, -0.15) is 0 Å². The van der Waals surface area contributed by atoms with Crippen molar-refractivity contribution in [3.63, 3.8) is 0 Å². The Bertz CT molecular complexity index is 797. The third-order valence-corrected chi connectivity index (χ3v) is 4.82. The molecule has 0 saturated carbocycles. The van der Waals surface area contributed by atoms with E-state index in [0.29, 0.717) is 23.6 Å². The second kappa shape index (κ2) is 9.32. The first kappa shape index (κ1) is 19.8. The van der Waals surface area contributed by atoms with Gasteiger partial charge in [-0.3, -0.25) is 4.79 Å². The van der Waals surface area contributed by atoms with Crippen molar-refractivity contribution in [3.05, 3.63) is 53.9 Å². The number of ether oxygens (including phenoxy) is 1. The number of hydrogen-bond donors (Lipinski definition) is 1. The van der Waals surface area contributed by atoms with Crippen molar-refractivity contribution in [1.29, 1.82) is 0 Å². The predicted molar refractivity (Wildman–Crippen MR) is 109 cm³/mol.